The van der Waals surface area contributed by atoms with Crippen LogP contribution in [-0.4, -0.2) is 12.5 Å². The largest absolute Gasteiger partial charge is 0.490 e. The second-order valence-electron chi connectivity index (χ2n) is 7.96. The molecule has 174 valence electrons. The van der Waals surface area contributed by atoms with Crippen LogP contribution in [0.5, 0.6) is 11.5 Å². The van der Waals surface area contributed by atoms with Gasteiger partial charge >= 0.3 is 0 Å². The first-order chi connectivity index (χ1) is 16.3. The standard InChI is InChI=1S/C28H27BrN2O3/c1-5-33-26-15-22(13-23(16-30)28(32)31-24-8-6-7-18(2)11-24)14-25(29)27(26)34-17-21-10-9-19(3)20(4)12-21/h6-15H,5,17H2,1-4H3,(H,31,32)/b23-13+. The third-order valence-corrected chi connectivity index (χ3v) is 5.83. The number of aryl methyl sites for hydroxylation is 3. The predicted octanol–water partition coefficient (Wildman–Crippen LogP) is 6.90. The number of hydrogen-bond donors (Lipinski definition) is 1. The first-order valence-corrected chi connectivity index (χ1v) is 11.7. The maximum atomic E-state index is 12.7. The summed E-state index contributed by atoms with van der Waals surface area (Å²) in [6.07, 6.45) is 1.53. The Morgan fingerprint density at radius 2 is 1.85 bits per heavy atom. The van der Waals surface area contributed by atoms with Crippen molar-refractivity contribution in [2.45, 2.75) is 34.3 Å². The maximum Gasteiger partial charge on any atom is 0.266 e. The zero-order valence-electron chi connectivity index (χ0n) is 19.7. The first kappa shape index (κ1) is 25.1. The molecule has 5 nitrogen and oxygen atoms in total. The molecule has 0 aliphatic rings. The fraction of sp³-hybridized carbons (Fsp3) is 0.214. The van der Waals surface area contributed by atoms with E-state index in [1.54, 1.807) is 18.2 Å². The van der Waals surface area contributed by atoms with Gasteiger partial charge in [-0.3, -0.25) is 4.79 Å². The van der Waals surface area contributed by atoms with Gasteiger partial charge in [0.25, 0.3) is 5.91 Å². The third-order valence-electron chi connectivity index (χ3n) is 5.24. The summed E-state index contributed by atoms with van der Waals surface area (Å²) in [5, 5.41) is 12.4. The SMILES string of the molecule is CCOc1cc(/C=C(\C#N)C(=O)Nc2cccc(C)c2)cc(Br)c1OCc1ccc(C)c(C)c1. The van der Waals surface area contributed by atoms with Crippen LogP contribution in [0.15, 0.2) is 64.6 Å². The van der Waals surface area contributed by atoms with Gasteiger partial charge in [0, 0.05) is 5.69 Å². The van der Waals surface area contributed by atoms with E-state index in [2.05, 4.69) is 47.2 Å². The van der Waals surface area contributed by atoms with E-state index < -0.39 is 5.91 Å². The summed E-state index contributed by atoms with van der Waals surface area (Å²) in [6, 6.07) is 19.2. The Balaban J connectivity index is 1.85. The molecule has 6 heteroatoms. The molecule has 0 saturated heterocycles. The molecule has 0 aliphatic carbocycles. The monoisotopic (exact) mass is 518 g/mol. The van der Waals surface area contributed by atoms with Crippen molar-refractivity contribution in [2.24, 2.45) is 0 Å². The van der Waals surface area contributed by atoms with Gasteiger partial charge in [0.2, 0.25) is 0 Å². The van der Waals surface area contributed by atoms with Crippen LogP contribution in [0.2, 0.25) is 0 Å². The molecule has 0 aromatic heterocycles. The molecule has 0 saturated carbocycles. The molecule has 0 unspecified atom stereocenters. The average Bonchev–Trinajstić information content (AvgIpc) is 2.79. The highest BCUT2D eigenvalue weighted by atomic mass is 79.9. The van der Waals surface area contributed by atoms with E-state index in [1.165, 1.54) is 17.2 Å². The molecule has 1 amide bonds. The van der Waals surface area contributed by atoms with Crippen molar-refractivity contribution < 1.29 is 14.3 Å². The summed E-state index contributed by atoms with van der Waals surface area (Å²) in [6.45, 7) is 8.80. The molecule has 34 heavy (non-hydrogen) atoms. The molecule has 3 aromatic carbocycles. The molecular formula is C28H27BrN2O3. The van der Waals surface area contributed by atoms with Crippen molar-refractivity contribution in [3.63, 3.8) is 0 Å². The number of carbonyl (C=O) groups is 1. The molecule has 0 aliphatic heterocycles. The van der Waals surface area contributed by atoms with Crippen LogP contribution in [-0.2, 0) is 11.4 Å². The number of amides is 1. The lowest BCUT2D eigenvalue weighted by Crippen LogP contribution is -2.13. The molecule has 3 rings (SSSR count). The van der Waals surface area contributed by atoms with Crippen LogP contribution in [0.3, 0.4) is 0 Å². The van der Waals surface area contributed by atoms with Gasteiger partial charge in [0.1, 0.15) is 18.2 Å². The fourth-order valence-corrected chi connectivity index (χ4v) is 3.93. The Hall–Kier alpha value is -3.56. The van der Waals surface area contributed by atoms with Crippen LogP contribution < -0.4 is 14.8 Å². The minimum atomic E-state index is -0.475. The van der Waals surface area contributed by atoms with Gasteiger partial charge in [-0.15, -0.1) is 0 Å². The van der Waals surface area contributed by atoms with Crippen molar-refractivity contribution in [1.29, 1.82) is 5.26 Å². The van der Waals surface area contributed by atoms with E-state index in [-0.39, 0.29) is 5.57 Å². The molecule has 0 heterocycles. The van der Waals surface area contributed by atoms with E-state index in [0.29, 0.717) is 40.4 Å². The Kier molecular flexibility index (Phi) is 8.50. The van der Waals surface area contributed by atoms with Gasteiger partial charge in [-0.25, -0.2) is 0 Å². The Morgan fingerprint density at radius 3 is 2.53 bits per heavy atom. The van der Waals surface area contributed by atoms with Crippen molar-refractivity contribution in [1.82, 2.24) is 0 Å². The number of hydrogen-bond acceptors (Lipinski definition) is 4. The summed E-state index contributed by atoms with van der Waals surface area (Å²) >= 11 is 3.56. The highest BCUT2D eigenvalue weighted by molar-refractivity contribution is 9.10. The molecule has 0 fully saturated rings. The molecule has 0 spiro atoms. The molecule has 0 radical (unpaired) electrons. The lowest BCUT2D eigenvalue weighted by molar-refractivity contribution is -0.112. The zero-order valence-corrected chi connectivity index (χ0v) is 21.3. The van der Waals surface area contributed by atoms with Crippen molar-refractivity contribution in [3.05, 3.63) is 92.5 Å². The first-order valence-electron chi connectivity index (χ1n) is 11.0. The van der Waals surface area contributed by atoms with E-state index in [9.17, 15) is 10.1 Å². The van der Waals surface area contributed by atoms with Crippen molar-refractivity contribution in [3.8, 4) is 17.6 Å². The summed E-state index contributed by atoms with van der Waals surface area (Å²) in [7, 11) is 0. The average molecular weight is 519 g/mol. The van der Waals surface area contributed by atoms with E-state index in [4.69, 9.17) is 9.47 Å². The van der Waals surface area contributed by atoms with Crippen LogP contribution in [0.1, 0.15) is 34.7 Å². The van der Waals surface area contributed by atoms with Gasteiger partial charge < -0.3 is 14.8 Å². The summed E-state index contributed by atoms with van der Waals surface area (Å²) in [5.74, 6) is 0.625. The molecule has 0 bridgehead atoms. The number of carbonyl (C=O) groups excluding carboxylic acids is 1. The van der Waals surface area contributed by atoms with Crippen molar-refractivity contribution in [2.75, 3.05) is 11.9 Å². The van der Waals surface area contributed by atoms with Gasteiger partial charge in [-0.1, -0.05) is 30.3 Å². The number of benzene rings is 3. The summed E-state index contributed by atoms with van der Waals surface area (Å²) in [5.41, 5.74) is 5.78. The third kappa shape index (κ3) is 6.49. The van der Waals surface area contributed by atoms with Crippen molar-refractivity contribution >= 4 is 33.6 Å². The number of rotatable bonds is 8. The van der Waals surface area contributed by atoms with Crippen LogP contribution in [0.4, 0.5) is 5.69 Å². The van der Waals surface area contributed by atoms with Gasteiger partial charge in [0.15, 0.2) is 11.5 Å². The predicted molar refractivity (Wildman–Crippen MR) is 139 cm³/mol. The second-order valence-corrected chi connectivity index (χ2v) is 8.82. The van der Waals surface area contributed by atoms with Crippen LogP contribution in [0, 0.1) is 32.1 Å². The smallest absolute Gasteiger partial charge is 0.266 e. The Bertz CT molecular complexity index is 1280. The second kappa shape index (κ2) is 11.5. The van der Waals surface area contributed by atoms with E-state index >= 15 is 0 Å². The van der Waals surface area contributed by atoms with Gasteiger partial charge in [-0.2, -0.15) is 5.26 Å². The number of halogens is 1. The van der Waals surface area contributed by atoms with Crippen LogP contribution in [0.25, 0.3) is 6.08 Å². The zero-order chi connectivity index (χ0) is 24.7. The minimum absolute atomic E-state index is 0.0142. The number of nitrogens with one attached hydrogen (secondary N) is 1. The summed E-state index contributed by atoms with van der Waals surface area (Å²) in [4.78, 5) is 12.7. The molecule has 0 atom stereocenters. The molecule has 1 N–H and O–H groups in total. The summed E-state index contributed by atoms with van der Waals surface area (Å²) < 4.78 is 12.6. The molecule has 3 aromatic rings. The number of ether oxygens (including phenoxy) is 2. The Labute approximate surface area is 209 Å². The molecular weight excluding hydrogens is 492 g/mol. The fourth-order valence-electron chi connectivity index (χ4n) is 3.36. The highest BCUT2D eigenvalue weighted by Crippen LogP contribution is 2.38. The van der Waals surface area contributed by atoms with Crippen LogP contribution >= 0.6 is 15.9 Å². The lowest BCUT2D eigenvalue weighted by Gasteiger charge is -2.15. The van der Waals surface area contributed by atoms with Gasteiger partial charge in [0.05, 0.1) is 11.1 Å². The minimum Gasteiger partial charge on any atom is -0.490 e. The topological polar surface area (TPSA) is 71.3 Å². The highest BCUT2D eigenvalue weighted by Gasteiger charge is 2.15. The van der Waals surface area contributed by atoms with E-state index in [1.807, 2.05) is 44.2 Å². The normalized spacial score (nSPS) is 11.0. The number of anilines is 1. The maximum absolute atomic E-state index is 12.7. The van der Waals surface area contributed by atoms with Gasteiger partial charge in [-0.05, 0) is 102 Å². The lowest BCUT2D eigenvalue weighted by atomic mass is 10.1. The number of nitriles is 1. The van der Waals surface area contributed by atoms with E-state index in [0.717, 1.165) is 11.1 Å². The number of nitrogens with zero attached hydrogens (tertiary/aromatic N) is 1. The Morgan fingerprint density at radius 1 is 1.06 bits per heavy atom. The quantitative estimate of drug-likeness (QED) is 0.260.